The molecular formula is C28H22N4O4S. The summed E-state index contributed by atoms with van der Waals surface area (Å²) < 4.78 is 34.5. The Kier molecular flexibility index (Phi) is 6.53. The van der Waals surface area contributed by atoms with Gasteiger partial charge < -0.3 is 4.74 Å². The Morgan fingerprint density at radius 3 is 2.14 bits per heavy atom. The molecule has 5 aromatic rings. The smallest absolute Gasteiger partial charge is 0.278 e. The molecule has 0 fully saturated rings. The van der Waals surface area contributed by atoms with E-state index in [2.05, 4.69) is 14.8 Å². The maximum Gasteiger partial charge on any atom is 0.278 e. The van der Waals surface area contributed by atoms with E-state index in [9.17, 15) is 13.2 Å². The van der Waals surface area contributed by atoms with Crippen LogP contribution in [0.4, 0.5) is 5.69 Å². The number of rotatable bonds is 7. The summed E-state index contributed by atoms with van der Waals surface area (Å²) in [6, 6.07) is 27.4. The molecule has 8 nitrogen and oxygen atoms in total. The summed E-state index contributed by atoms with van der Waals surface area (Å²) in [6.45, 7) is 0. The highest BCUT2D eigenvalue weighted by Gasteiger charge is 2.19. The van der Waals surface area contributed by atoms with Crippen LogP contribution in [0.2, 0.25) is 0 Å². The average Bonchev–Trinajstić information content (AvgIpc) is 3.39. The normalized spacial score (nSPS) is 11.2. The molecule has 0 unspecified atom stereocenters. The third-order valence-electron chi connectivity index (χ3n) is 5.70. The Hall–Kier alpha value is -4.76. The molecule has 5 rings (SSSR count). The number of ether oxygens (including phenoxy) is 1. The number of hydrogen-bond acceptors (Lipinski definition) is 6. The third-order valence-corrected chi connectivity index (χ3v) is 7.10. The van der Waals surface area contributed by atoms with E-state index < -0.39 is 10.0 Å². The molecule has 37 heavy (non-hydrogen) atoms. The van der Waals surface area contributed by atoms with Gasteiger partial charge in [0.2, 0.25) is 0 Å². The number of nitrogens with zero attached hydrogens (tertiary/aromatic N) is 3. The fourth-order valence-corrected chi connectivity index (χ4v) is 4.86. The van der Waals surface area contributed by atoms with Gasteiger partial charge in [-0.3, -0.25) is 14.5 Å². The maximum absolute atomic E-state index is 13.3. The Labute approximate surface area is 214 Å². The third kappa shape index (κ3) is 5.12. The molecule has 184 valence electrons. The molecule has 0 aliphatic rings. The van der Waals surface area contributed by atoms with Crippen LogP contribution >= 0.6 is 0 Å². The molecule has 9 heteroatoms. The molecule has 0 bridgehead atoms. The standard InChI is InChI=1S/C28H22N4O4S/c1-36-24-13-9-21(10-14-24)27-19-26(30-32(27)28(33)22-15-17-29-18-16-22)20-7-11-23(12-8-20)31-37(34,35)25-5-3-2-4-6-25/h2-19,31H,1H3. The van der Waals surface area contributed by atoms with E-state index in [1.807, 2.05) is 30.3 Å². The zero-order valence-corrected chi connectivity index (χ0v) is 20.6. The molecule has 0 spiro atoms. The summed E-state index contributed by atoms with van der Waals surface area (Å²) in [5.41, 5.74) is 3.53. The van der Waals surface area contributed by atoms with Gasteiger partial charge in [-0.15, -0.1) is 0 Å². The lowest BCUT2D eigenvalue weighted by atomic mass is 10.1. The molecule has 1 N–H and O–H groups in total. The fraction of sp³-hybridized carbons (Fsp3) is 0.0357. The highest BCUT2D eigenvalue weighted by atomic mass is 32.2. The lowest BCUT2D eigenvalue weighted by molar-refractivity contribution is 0.0947. The summed E-state index contributed by atoms with van der Waals surface area (Å²) in [4.78, 5) is 17.5. The van der Waals surface area contributed by atoms with Gasteiger partial charge >= 0.3 is 0 Å². The number of sulfonamides is 1. The molecular weight excluding hydrogens is 488 g/mol. The number of methoxy groups -OCH3 is 1. The number of pyridine rings is 1. The summed E-state index contributed by atoms with van der Waals surface area (Å²) in [7, 11) is -2.12. The Morgan fingerprint density at radius 1 is 0.838 bits per heavy atom. The molecule has 2 heterocycles. The SMILES string of the molecule is COc1ccc(-c2cc(-c3ccc(NS(=O)(=O)c4ccccc4)cc3)nn2C(=O)c2ccncc2)cc1. The van der Waals surface area contributed by atoms with Gasteiger partial charge in [-0.1, -0.05) is 30.3 Å². The van der Waals surface area contributed by atoms with E-state index in [-0.39, 0.29) is 10.8 Å². The van der Waals surface area contributed by atoms with Crippen molar-refractivity contribution in [1.82, 2.24) is 14.8 Å². The summed E-state index contributed by atoms with van der Waals surface area (Å²) in [5.74, 6) is 0.399. The fourth-order valence-electron chi connectivity index (χ4n) is 3.78. The molecule has 2 aromatic heterocycles. The number of aromatic nitrogens is 3. The minimum atomic E-state index is -3.71. The first-order valence-electron chi connectivity index (χ1n) is 11.3. The van der Waals surface area contributed by atoms with Crippen molar-refractivity contribution in [3.8, 4) is 28.3 Å². The number of carbonyl (C=O) groups is 1. The Balaban J connectivity index is 1.49. The lowest BCUT2D eigenvalue weighted by Gasteiger charge is -2.08. The Morgan fingerprint density at radius 2 is 1.49 bits per heavy atom. The summed E-state index contributed by atoms with van der Waals surface area (Å²) in [5, 5.41) is 4.60. The van der Waals surface area contributed by atoms with Crippen LogP contribution in [0, 0.1) is 0 Å². The van der Waals surface area contributed by atoms with Gasteiger partial charge in [-0.05, 0) is 66.7 Å². The molecule has 3 aromatic carbocycles. The summed E-state index contributed by atoms with van der Waals surface area (Å²) in [6.07, 6.45) is 3.11. The highest BCUT2D eigenvalue weighted by molar-refractivity contribution is 7.92. The summed E-state index contributed by atoms with van der Waals surface area (Å²) >= 11 is 0. The first-order chi connectivity index (χ1) is 17.9. The van der Waals surface area contributed by atoms with Crippen LogP contribution in [0.15, 0.2) is 114 Å². The van der Waals surface area contributed by atoms with Crippen molar-refractivity contribution in [2.75, 3.05) is 11.8 Å². The average molecular weight is 511 g/mol. The molecule has 0 aliphatic heterocycles. The minimum absolute atomic E-state index is 0.177. The van der Waals surface area contributed by atoms with Crippen molar-refractivity contribution in [3.05, 3.63) is 115 Å². The number of hydrogen-bond donors (Lipinski definition) is 1. The van der Waals surface area contributed by atoms with Crippen molar-refractivity contribution in [2.45, 2.75) is 4.90 Å². The van der Waals surface area contributed by atoms with Gasteiger partial charge in [0.25, 0.3) is 15.9 Å². The van der Waals surface area contributed by atoms with Gasteiger partial charge in [0.05, 0.1) is 23.4 Å². The highest BCUT2D eigenvalue weighted by Crippen LogP contribution is 2.29. The van der Waals surface area contributed by atoms with E-state index in [1.165, 1.54) is 16.8 Å². The lowest BCUT2D eigenvalue weighted by Crippen LogP contribution is -2.15. The van der Waals surface area contributed by atoms with Gasteiger partial charge in [-0.2, -0.15) is 9.78 Å². The van der Waals surface area contributed by atoms with Crippen molar-refractivity contribution in [2.24, 2.45) is 0 Å². The van der Waals surface area contributed by atoms with Gasteiger partial charge in [0, 0.05) is 34.8 Å². The van der Waals surface area contributed by atoms with E-state index in [0.29, 0.717) is 28.4 Å². The zero-order chi connectivity index (χ0) is 25.8. The van der Waals surface area contributed by atoms with Crippen molar-refractivity contribution < 1.29 is 17.9 Å². The molecule has 0 saturated heterocycles. The van der Waals surface area contributed by atoms with E-state index >= 15 is 0 Å². The number of nitrogens with one attached hydrogen (secondary N) is 1. The molecule has 0 aliphatic carbocycles. The molecule has 0 radical (unpaired) electrons. The monoisotopic (exact) mass is 510 g/mol. The van der Waals surface area contributed by atoms with Crippen molar-refractivity contribution >= 4 is 21.6 Å². The number of carbonyl (C=O) groups excluding carboxylic acids is 1. The second-order valence-corrected chi connectivity index (χ2v) is 9.77. The van der Waals surface area contributed by atoms with Crippen molar-refractivity contribution in [1.29, 1.82) is 0 Å². The molecule has 0 atom stereocenters. The van der Waals surface area contributed by atoms with Gasteiger partial charge in [-0.25, -0.2) is 8.42 Å². The quantitative estimate of drug-likeness (QED) is 0.326. The largest absolute Gasteiger partial charge is 0.497 e. The van der Waals surface area contributed by atoms with Crippen LogP contribution in [0.3, 0.4) is 0 Å². The van der Waals surface area contributed by atoms with Crippen LogP contribution in [-0.2, 0) is 10.0 Å². The van der Waals surface area contributed by atoms with Gasteiger partial charge in [0.1, 0.15) is 5.75 Å². The first-order valence-corrected chi connectivity index (χ1v) is 12.8. The van der Waals surface area contributed by atoms with Crippen molar-refractivity contribution in [3.63, 3.8) is 0 Å². The van der Waals surface area contributed by atoms with Gasteiger partial charge in [0.15, 0.2) is 0 Å². The predicted octanol–water partition coefficient (Wildman–Crippen LogP) is 5.11. The molecule has 0 amide bonds. The number of anilines is 1. The zero-order valence-electron chi connectivity index (χ0n) is 19.8. The second kappa shape index (κ2) is 10.1. The Bertz CT molecular complexity index is 1630. The first kappa shape index (κ1) is 24.0. The topological polar surface area (TPSA) is 103 Å². The molecule has 0 saturated carbocycles. The van der Waals surface area contributed by atoms with E-state index in [0.717, 1.165) is 11.1 Å². The number of benzene rings is 3. The van der Waals surface area contributed by atoms with Crippen LogP contribution in [0.1, 0.15) is 10.4 Å². The van der Waals surface area contributed by atoms with E-state index in [1.54, 1.807) is 74.1 Å². The van der Waals surface area contributed by atoms with E-state index in [4.69, 9.17) is 4.74 Å². The predicted molar refractivity (Wildman–Crippen MR) is 141 cm³/mol. The maximum atomic E-state index is 13.3. The van der Waals surface area contributed by atoms with Crippen LogP contribution in [0.5, 0.6) is 5.75 Å². The van der Waals surface area contributed by atoms with Crippen LogP contribution in [0.25, 0.3) is 22.5 Å². The van der Waals surface area contributed by atoms with Crippen LogP contribution < -0.4 is 9.46 Å². The minimum Gasteiger partial charge on any atom is -0.497 e. The van der Waals surface area contributed by atoms with Crippen LogP contribution in [-0.4, -0.2) is 36.2 Å². The second-order valence-electron chi connectivity index (χ2n) is 8.09.